The third-order valence-electron chi connectivity index (χ3n) is 2.13. The first-order valence-corrected chi connectivity index (χ1v) is 6.10. The van der Waals surface area contributed by atoms with Crippen molar-refractivity contribution in [3.05, 3.63) is 39.9 Å². The molecule has 0 saturated heterocycles. The van der Waals surface area contributed by atoms with Crippen molar-refractivity contribution in [3.63, 3.8) is 0 Å². The fraction of sp³-hybridized carbons (Fsp3) is 0.308. The molecule has 3 heteroatoms. The van der Waals surface area contributed by atoms with Gasteiger partial charge in [-0.25, -0.2) is 4.79 Å². The molecule has 0 aromatic heterocycles. The molecule has 1 aromatic rings. The van der Waals surface area contributed by atoms with Crippen LogP contribution in [0.15, 0.2) is 34.3 Å². The molecule has 0 aliphatic carbocycles. The maximum atomic E-state index is 11.5. The summed E-state index contributed by atoms with van der Waals surface area (Å²) in [4.78, 5) is 11.5. The SMILES string of the molecule is CCOC(=O)C(=Cc1ccc(Br)cc1)CC. The van der Waals surface area contributed by atoms with Gasteiger partial charge in [-0.3, -0.25) is 0 Å². The molecule has 0 amide bonds. The highest BCUT2D eigenvalue weighted by Crippen LogP contribution is 2.15. The minimum Gasteiger partial charge on any atom is -0.463 e. The number of benzene rings is 1. The molecular formula is C13H15BrO2. The first kappa shape index (κ1) is 13.0. The van der Waals surface area contributed by atoms with Crippen molar-refractivity contribution in [2.45, 2.75) is 20.3 Å². The van der Waals surface area contributed by atoms with E-state index in [0.717, 1.165) is 10.0 Å². The highest BCUT2D eigenvalue weighted by atomic mass is 79.9. The number of carbonyl (C=O) groups is 1. The van der Waals surface area contributed by atoms with Gasteiger partial charge in [0.1, 0.15) is 0 Å². The Morgan fingerprint density at radius 2 is 1.94 bits per heavy atom. The lowest BCUT2D eigenvalue weighted by Crippen LogP contribution is -2.06. The molecule has 0 radical (unpaired) electrons. The third-order valence-corrected chi connectivity index (χ3v) is 2.66. The van der Waals surface area contributed by atoms with E-state index < -0.39 is 0 Å². The lowest BCUT2D eigenvalue weighted by Gasteiger charge is -2.04. The van der Waals surface area contributed by atoms with Crippen LogP contribution in [0.1, 0.15) is 25.8 Å². The molecule has 1 rings (SSSR count). The van der Waals surface area contributed by atoms with Crippen molar-refractivity contribution in [2.75, 3.05) is 6.61 Å². The van der Waals surface area contributed by atoms with Gasteiger partial charge < -0.3 is 4.74 Å². The van der Waals surface area contributed by atoms with Gasteiger partial charge in [-0.05, 0) is 37.1 Å². The van der Waals surface area contributed by atoms with Crippen LogP contribution in [0.25, 0.3) is 6.08 Å². The van der Waals surface area contributed by atoms with Gasteiger partial charge in [-0.2, -0.15) is 0 Å². The summed E-state index contributed by atoms with van der Waals surface area (Å²) in [6.45, 7) is 4.17. The standard InChI is InChI=1S/C13H15BrO2/c1-3-11(13(15)16-4-2)9-10-5-7-12(14)8-6-10/h5-9H,3-4H2,1-2H3. The van der Waals surface area contributed by atoms with Crippen LogP contribution in [0.5, 0.6) is 0 Å². The zero-order valence-corrected chi connectivity index (χ0v) is 11.1. The Kier molecular flexibility index (Phi) is 5.26. The Labute approximate surface area is 104 Å². The number of hydrogen-bond acceptors (Lipinski definition) is 2. The van der Waals surface area contributed by atoms with E-state index in [0.29, 0.717) is 18.6 Å². The van der Waals surface area contributed by atoms with Crippen LogP contribution in [0, 0.1) is 0 Å². The molecule has 0 heterocycles. The molecule has 0 saturated carbocycles. The highest BCUT2D eigenvalue weighted by Gasteiger charge is 2.07. The monoisotopic (exact) mass is 282 g/mol. The Hall–Kier alpha value is -1.09. The van der Waals surface area contributed by atoms with Crippen LogP contribution in [0.3, 0.4) is 0 Å². The Morgan fingerprint density at radius 1 is 1.31 bits per heavy atom. The van der Waals surface area contributed by atoms with Crippen molar-refractivity contribution < 1.29 is 9.53 Å². The molecule has 86 valence electrons. The largest absolute Gasteiger partial charge is 0.463 e. The van der Waals surface area contributed by atoms with Gasteiger partial charge in [0.15, 0.2) is 0 Å². The molecule has 16 heavy (non-hydrogen) atoms. The second-order valence-corrected chi connectivity index (χ2v) is 4.21. The van der Waals surface area contributed by atoms with E-state index in [1.54, 1.807) is 0 Å². The Balaban J connectivity index is 2.87. The topological polar surface area (TPSA) is 26.3 Å². The fourth-order valence-electron chi connectivity index (χ4n) is 1.29. The maximum Gasteiger partial charge on any atom is 0.333 e. The Morgan fingerprint density at radius 3 is 2.44 bits per heavy atom. The van der Waals surface area contributed by atoms with E-state index >= 15 is 0 Å². The van der Waals surface area contributed by atoms with Gasteiger partial charge in [-0.15, -0.1) is 0 Å². The summed E-state index contributed by atoms with van der Waals surface area (Å²) >= 11 is 3.37. The van der Waals surface area contributed by atoms with Crippen LogP contribution < -0.4 is 0 Å². The van der Waals surface area contributed by atoms with Gasteiger partial charge >= 0.3 is 5.97 Å². The van der Waals surface area contributed by atoms with Crippen LogP contribution >= 0.6 is 15.9 Å². The molecule has 1 aromatic carbocycles. The van der Waals surface area contributed by atoms with E-state index in [9.17, 15) is 4.79 Å². The number of esters is 1. The summed E-state index contributed by atoms with van der Waals surface area (Å²) in [5, 5.41) is 0. The lowest BCUT2D eigenvalue weighted by molar-refractivity contribution is -0.138. The first-order valence-electron chi connectivity index (χ1n) is 5.30. The van der Waals surface area contributed by atoms with Crippen molar-refractivity contribution in [3.8, 4) is 0 Å². The third kappa shape index (κ3) is 3.81. The number of rotatable bonds is 4. The van der Waals surface area contributed by atoms with E-state index in [2.05, 4.69) is 15.9 Å². The fourth-order valence-corrected chi connectivity index (χ4v) is 1.55. The molecule has 0 atom stereocenters. The molecule has 0 N–H and O–H groups in total. The molecule has 0 aliphatic rings. The van der Waals surface area contributed by atoms with E-state index in [1.165, 1.54) is 0 Å². The number of halogens is 1. The van der Waals surface area contributed by atoms with Crippen molar-refractivity contribution in [2.24, 2.45) is 0 Å². The van der Waals surface area contributed by atoms with E-state index in [-0.39, 0.29) is 5.97 Å². The lowest BCUT2D eigenvalue weighted by atomic mass is 10.1. The predicted octanol–water partition coefficient (Wildman–Crippen LogP) is 3.81. The van der Waals surface area contributed by atoms with Gasteiger partial charge in [-0.1, -0.05) is 35.0 Å². The average Bonchev–Trinajstić information content (AvgIpc) is 2.28. The van der Waals surface area contributed by atoms with Gasteiger partial charge in [0.05, 0.1) is 6.61 Å². The number of hydrogen-bond donors (Lipinski definition) is 0. The molecule has 0 aliphatic heterocycles. The quantitative estimate of drug-likeness (QED) is 0.620. The van der Waals surface area contributed by atoms with Gasteiger partial charge in [0.2, 0.25) is 0 Å². The predicted molar refractivity (Wildman–Crippen MR) is 69.0 cm³/mol. The highest BCUT2D eigenvalue weighted by molar-refractivity contribution is 9.10. The summed E-state index contributed by atoms with van der Waals surface area (Å²) in [5.41, 5.74) is 1.71. The molecule has 0 spiro atoms. The second-order valence-electron chi connectivity index (χ2n) is 3.30. The number of carbonyl (C=O) groups excluding carboxylic acids is 1. The molecular weight excluding hydrogens is 268 g/mol. The number of ether oxygens (including phenoxy) is 1. The van der Waals surface area contributed by atoms with Crippen LogP contribution in [0.4, 0.5) is 0 Å². The minimum absolute atomic E-state index is 0.229. The van der Waals surface area contributed by atoms with Gasteiger partial charge in [0.25, 0.3) is 0 Å². The molecule has 2 nitrogen and oxygen atoms in total. The van der Waals surface area contributed by atoms with Crippen LogP contribution in [-0.4, -0.2) is 12.6 Å². The zero-order chi connectivity index (χ0) is 12.0. The summed E-state index contributed by atoms with van der Waals surface area (Å²) in [6, 6.07) is 7.81. The van der Waals surface area contributed by atoms with E-state index in [1.807, 2.05) is 44.2 Å². The van der Waals surface area contributed by atoms with Crippen molar-refractivity contribution >= 4 is 28.0 Å². The van der Waals surface area contributed by atoms with Crippen LogP contribution in [-0.2, 0) is 9.53 Å². The molecule has 0 unspecified atom stereocenters. The van der Waals surface area contributed by atoms with E-state index in [4.69, 9.17) is 4.74 Å². The summed E-state index contributed by atoms with van der Waals surface area (Å²) in [7, 11) is 0. The average molecular weight is 283 g/mol. The normalized spacial score (nSPS) is 11.3. The maximum absolute atomic E-state index is 11.5. The molecule has 0 fully saturated rings. The first-order chi connectivity index (χ1) is 7.67. The van der Waals surface area contributed by atoms with Crippen molar-refractivity contribution in [1.29, 1.82) is 0 Å². The van der Waals surface area contributed by atoms with Crippen molar-refractivity contribution in [1.82, 2.24) is 0 Å². The molecule has 0 bridgehead atoms. The summed E-state index contributed by atoms with van der Waals surface area (Å²) in [5.74, 6) is -0.229. The smallest absolute Gasteiger partial charge is 0.333 e. The zero-order valence-electron chi connectivity index (χ0n) is 9.50. The second kappa shape index (κ2) is 6.48. The minimum atomic E-state index is -0.229. The van der Waals surface area contributed by atoms with Gasteiger partial charge in [0, 0.05) is 10.0 Å². The Bertz CT molecular complexity index is 379. The summed E-state index contributed by atoms with van der Waals surface area (Å²) in [6.07, 6.45) is 2.54. The summed E-state index contributed by atoms with van der Waals surface area (Å²) < 4.78 is 6.00. The van der Waals surface area contributed by atoms with Crippen LogP contribution in [0.2, 0.25) is 0 Å².